The van der Waals surface area contributed by atoms with Crippen molar-refractivity contribution in [1.82, 2.24) is 9.78 Å². The summed E-state index contributed by atoms with van der Waals surface area (Å²) in [4.78, 5) is 10.9. The molecule has 0 radical (unpaired) electrons. The number of carbonyl (C=O) groups is 1. The first-order chi connectivity index (χ1) is 9.16. The highest BCUT2D eigenvalue weighted by Crippen LogP contribution is 2.15. The van der Waals surface area contributed by atoms with E-state index < -0.39 is 5.97 Å². The average Bonchev–Trinajstić information content (AvgIpc) is 2.87. The molecule has 2 aromatic rings. The van der Waals surface area contributed by atoms with Crippen LogP contribution in [0.5, 0.6) is 0 Å². The van der Waals surface area contributed by atoms with Gasteiger partial charge in [0.15, 0.2) is 0 Å². The summed E-state index contributed by atoms with van der Waals surface area (Å²) in [5, 5.41) is 16.4. The van der Waals surface area contributed by atoms with Gasteiger partial charge in [-0.3, -0.25) is 4.68 Å². The third kappa shape index (κ3) is 3.58. The van der Waals surface area contributed by atoms with Crippen LogP contribution in [0.25, 0.3) is 0 Å². The summed E-state index contributed by atoms with van der Waals surface area (Å²) in [6, 6.07) is 7.19. The molecule has 1 heterocycles. The summed E-state index contributed by atoms with van der Waals surface area (Å²) in [6.45, 7) is 3.50. The predicted molar refractivity (Wildman–Crippen MR) is 73.5 cm³/mol. The number of anilines is 1. The van der Waals surface area contributed by atoms with Gasteiger partial charge in [-0.1, -0.05) is 0 Å². The standard InChI is InChI=1S/C14H17N3O2/c1-11-10-12(4-5-13(11)14(18)19)15-6-2-8-17-9-3-7-16-17/h3-5,7,9-10,15H,2,6,8H2,1H3,(H,18,19). The van der Waals surface area contributed by atoms with E-state index in [0.717, 1.165) is 30.8 Å². The Bertz CT molecular complexity index is 550. The zero-order valence-electron chi connectivity index (χ0n) is 10.8. The fourth-order valence-electron chi connectivity index (χ4n) is 1.92. The maximum absolute atomic E-state index is 10.9. The smallest absolute Gasteiger partial charge is 0.335 e. The van der Waals surface area contributed by atoms with Crippen LogP contribution in [0.15, 0.2) is 36.7 Å². The summed E-state index contributed by atoms with van der Waals surface area (Å²) in [5.41, 5.74) is 2.06. The molecule has 0 aliphatic rings. The molecule has 0 spiro atoms. The highest BCUT2D eigenvalue weighted by atomic mass is 16.4. The number of aryl methyl sites for hydroxylation is 2. The lowest BCUT2D eigenvalue weighted by atomic mass is 10.1. The van der Waals surface area contributed by atoms with Gasteiger partial charge in [0.25, 0.3) is 0 Å². The maximum Gasteiger partial charge on any atom is 0.335 e. The number of hydrogen-bond donors (Lipinski definition) is 2. The van der Waals surface area contributed by atoms with E-state index in [1.54, 1.807) is 25.3 Å². The maximum atomic E-state index is 10.9. The van der Waals surface area contributed by atoms with Gasteiger partial charge in [-0.05, 0) is 43.2 Å². The van der Waals surface area contributed by atoms with E-state index in [4.69, 9.17) is 5.11 Å². The Hall–Kier alpha value is -2.30. The molecule has 0 aliphatic carbocycles. The van der Waals surface area contributed by atoms with Gasteiger partial charge in [-0.25, -0.2) is 4.79 Å². The number of rotatable bonds is 6. The van der Waals surface area contributed by atoms with Crippen LogP contribution in [0.4, 0.5) is 5.69 Å². The number of carboxylic acid groups (broad SMARTS) is 1. The Kier molecular flexibility index (Phi) is 4.18. The van der Waals surface area contributed by atoms with E-state index >= 15 is 0 Å². The molecule has 1 aromatic carbocycles. The van der Waals surface area contributed by atoms with Crippen LogP contribution in [0.2, 0.25) is 0 Å². The molecule has 2 N–H and O–H groups in total. The number of nitrogens with zero attached hydrogens (tertiary/aromatic N) is 2. The summed E-state index contributed by atoms with van der Waals surface area (Å²) in [5.74, 6) is -0.886. The minimum Gasteiger partial charge on any atom is -0.478 e. The van der Waals surface area contributed by atoms with Crippen molar-refractivity contribution >= 4 is 11.7 Å². The first kappa shape index (κ1) is 13.1. The summed E-state index contributed by atoms with van der Waals surface area (Å²) < 4.78 is 1.89. The molecular weight excluding hydrogens is 242 g/mol. The van der Waals surface area contributed by atoms with E-state index in [-0.39, 0.29) is 0 Å². The van der Waals surface area contributed by atoms with Crippen molar-refractivity contribution < 1.29 is 9.90 Å². The molecular formula is C14H17N3O2. The normalized spacial score (nSPS) is 10.4. The lowest BCUT2D eigenvalue weighted by Crippen LogP contribution is -2.08. The van der Waals surface area contributed by atoms with Crippen molar-refractivity contribution in [1.29, 1.82) is 0 Å². The van der Waals surface area contributed by atoms with Crippen molar-refractivity contribution in [2.75, 3.05) is 11.9 Å². The van der Waals surface area contributed by atoms with Crippen molar-refractivity contribution in [3.63, 3.8) is 0 Å². The van der Waals surface area contributed by atoms with E-state index in [9.17, 15) is 4.79 Å². The van der Waals surface area contributed by atoms with E-state index in [0.29, 0.717) is 5.56 Å². The quantitative estimate of drug-likeness (QED) is 0.782. The van der Waals surface area contributed by atoms with Crippen LogP contribution in [-0.4, -0.2) is 27.4 Å². The Labute approximate surface area is 111 Å². The van der Waals surface area contributed by atoms with Crippen LogP contribution >= 0.6 is 0 Å². The zero-order chi connectivity index (χ0) is 13.7. The predicted octanol–water partition coefficient (Wildman–Crippen LogP) is 2.39. The Morgan fingerprint density at radius 2 is 2.32 bits per heavy atom. The van der Waals surface area contributed by atoms with Gasteiger partial charge >= 0.3 is 5.97 Å². The molecule has 5 heteroatoms. The molecule has 0 saturated heterocycles. The van der Waals surface area contributed by atoms with Gasteiger partial charge in [0.05, 0.1) is 5.56 Å². The lowest BCUT2D eigenvalue weighted by molar-refractivity contribution is 0.0696. The largest absolute Gasteiger partial charge is 0.478 e. The second kappa shape index (κ2) is 6.04. The fourth-order valence-corrected chi connectivity index (χ4v) is 1.92. The number of carboxylic acids is 1. The third-order valence-electron chi connectivity index (χ3n) is 2.91. The molecule has 5 nitrogen and oxygen atoms in total. The van der Waals surface area contributed by atoms with Crippen LogP contribution in [-0.2, 0) is 6.54 Å². The second-order valence-electron chi connectivity index (χ2n) is 4.38. The highest BCUT2D eigenvalue weighted by molar-refractivity contribution is 5.89. The summed E-state index contributed by atoms with van der Waals surface area (Å²) >= 11 is 0. The first-order valence-corrected chi connectivity index (χ1v) is 6.22. The Balaban J connectivity index is 1.83. The van der Waals surface area contributed by atoms with E-state index in [1.807, 2.05) is 23.0 Å². The minimum atomic E-state index is -0.886. The van der Waals surface area contributed by atoms with Crippen molar-refractivity contribution in [3.05, 3.63) is 47.8 Å². The monoisotopic (exact) mass is 259 g/mol. The van der Waals surface area contributed by atoms with Gasteiger partial charge in [0.2, 0.25) is 0 Å². The molecule has 0 bridgehead atoms. The van der Waals surface area contributed by atoms with Gasteiger partial charge in [0, 0.05) is 31.2 Å². The van der Waals surface area contributed by atoms with E-state index in [2.05, 4.69) is 10.4 Å². The van der Waals surface area contributed by atoms with Crippen LogP contribution < -0.4 is 5.32 Å². The lowest BCUT2D eigenvalue weighted by Gasteiger charge is -2.08. The third-order valence-corrected chi connectivity index (χ3v) is 2.91. The van der Waals surface area contributed by atoms with E-state index in [1.165, 1.54) is 0 Å². The molecule has 0 aliphatic heterocycles. The van der Waals surface area contributed by atoms with Gasteiger partial charge in [0.1, 0.15) is 0 Å². The molecule has 0 unspecified atom stereocenters. The number of aromatic carboxylic acids is 1. The summed E-state index contributed by atoms with van der Waals surface area (Å²) in [7, 11) is 0. The van der Waals surface area contributed by atoms with Gasteiger partial charge in [-0.15, -0.1) is 0 Å². The second-order valence-corrected chi connectivity index (χ2v) is 4.38. The van der Waals surface area contributed by atoms with Crippen molar-refractivity contribution in [2.45, 2.75) is 19.9 Å². The summed E-state index contributed by atoms with van der Waals surface area (Å²) in [6.07, 6.45) is 4.66. The van der Waals surface area contributed by atoms with Crippen LogP contribution in [0.3, 0.4) is 0 Å². The number of nitrogens with one attached hydrogen (secondary N) is 1. The number of benzene rings is 1. The molecule has 0 atom stereocenters. The molecule has 100 valence electrons. The molecule has 0 fully saturated rings. The topological polar surface area (TPSA) is 67.2 Å². The number of hydrogen-bond acceptors (Lipinski definition) is 3. The molecule has 19 heavy (non-hydrogen) atoms. The van der Waals surface area contributed by atoms with Crippen LogP contribution in [0.1, 0.15) is 22.3 Å². The minimum absolute atomic E-state index is 0.349. The SMILES string of the molecule is Cc1cc(NCCCn2cccn2)ccc1C(=O)O. The fraction of sp³-hybridized carbons (Fsp3) is 0.286. The van der Waals surface area contributed by atoms with Crippen LogP contribution in [0, 0.1) is 6.92 Å². The van der Waals surface area contributed by atoms with Crippen molar-refractivity contribution in [3.8, 4) is 0 Å². The first-order valence-electron chi connectivity index (χ1n) is 6.22. The highest BCUT2D eigenvalue weighted by Gasteiger charge is 2.06. The molecule has 0 amide bonds. The zero-order valence-corrected chi connectivity index (χ0v) is 10.8. The molecule has 1 aromatic heterocycles. The van der Waals surface area contributed by atoms with Gasteiger partial charge in [-0.2, -0.15) is 5.10 Å². The van der Waals surface area contributed by atoms with Crippen molar-refractivity contribution in [2.24, 2.45) is 0 Å². The van der Waals surface area contributed by atoms with Gasteiger partial charge < -0.3 is 10.4 Å². The molecule has 2 rings (SSSR count). The Morgan fingerprint density at radius 1 is 1.47 bits per heavy atom. The molecule has 0 saturated carbocycles. The average molecular weight is 259 g/mol. The number of aromatic nitrogens is 2. The Morgan fingerprint density at radius 3 is 2.95 bits per heavy atom.